The first-order valence-corrected chi connectivity index (χ1v) is 7.31. The largest absolute Gasteiger partial charge is 0.338 e. The van der Waals surface area contributed by atoms with E-state index in [-0.39, 0.29) is 5.82 Å². The third kappa shape index (κ3) is 2.42. The van der Waals surface area contributed by atoms with Gasteiger partial charge in [-0.2, -0.15) is 0 Å². The van der Waals surface area contributed by atoms with Crippen molar-refractivity contribution in [3.8, 4) is 11.4 Å². The molecule has 0 saturated heterocycles. The molecule has 6 heteroatoms. The van der Waals surface area contributed by atoms with Gasteiger partial charge < -0.3 is 4.98 Å². The average Bonchev–Trinajstić information content (AvgIpc) is 2.76. The van der Waals surface area contributed by atoms with Gasteiger partial charge >= 0.3 is 0 Å². The number of fused-ring (bicyclic) bond motifs is 1. The number of aromatic nitrogens is 2. The number of nitrogens with one attached hydrogen (secondary N) is 1. The zero-order chi connectivity index (χ0) is 13.6. The fourth-order valence-corrected chi connectivity index (χ4v) is 2.54. The molecule has 3 rings (SSSR count). The van der Waals surface area contributed by atoms with Crippen LogP contribution < -0.4 is 0 Å². The second-order valence-electron chi connectivity index (χ2n) is 4.00. The van der Waals surface area contributed by atoms with Gasteiger partial charge in [-0.1, -0.05) is 17.7 Å². The molecule has 0 unspecified atom stereocenters. The molecule has 0 radical (unpaired) electrons. The van der Waals surface area contributed by atoms with E-state index in [9.17, 15) is 4.39 Å². The molecule has 0 aliphatic carbocycles. The van der Waals surface area contributed by atoms with Crippen LogP contribution in [0.5, 0.6) is 0 Å². The quantitative estimate of drug-likeness (QED) is 0.566. The zero-order valence-corrected chi connectivity index (χ0v) is 13.3. The van der Waals surface area contributed by atoms with Gasteiger partial charge in [0.15, 0.2) is 0 Å². The molecule has 1 heterocycles. The predicted molar refractivity (Wildman–Crippen MR) is 81.9 cm³/mol. The molecule has 2 nitrogen and oxygen atoms in total. The Balaban J connectivity index is 2.17. The lowest BCUT2D eigenvalue weighted by atomic mass is 10.2. The van der Waals surface area contributed by atoms with E-state index in [2.05, 4.69) is 41.8 Å². The second kappa shape index (κ2) is 4.89. The fourth-order valence-electron chi connectivity index (χ4n) is 1.79. The lowest BCUT2D eigenvalue weighted by molar-refractivity contribution is 0.623. The standard InChI is InChI=1S/C13H6Br2ClFN2/c14-7-2-1-6(3-9(7)16)13-18-11-4-8(15)10(17)5-12(11)19-13/h1-5H,(H,18,19). The smallest absolute Gasteiger partial charge is 0.139 e. The molecule has 1 aromatic heterocycles. The van der Waals surface area contributed by atoms with Gasteiger partial charge in [-0.3, -0.25) is 0 Å². The van der Waals surface area contributed by atoms with Gasteiger partial charge in [-0.15, -0.1) is 0 Å². The minimum Gasteiger partial charge on any atom is -0.338 e. The predicted octanol–water partition coefficient (Wildman–Crippen LogP) is 5.55. The van der Waals surface area contributed by atoms with Crippen LogP contribution in [0.1, 0.15) is 0 Å². The summed E-state index contributed by atoms with van der Waals surface area (Å²) in [6.07, 6.45) is 0. The molecule has 0 spiro atoms. The highest BCUT2D eigenvalue weighted by atomic mass is 79.9. The van der Waals surface area contributed by atoms with E-state index in [1.54, 1.807) is 12.1 Å². The van der Waals surface area contributed by atoms with Crippen LogP contribution in [0, 0.1) is 5.82 Å². The molecular weight excluding hydrogens is 398 g/mol. The van der Waals surface area contributed by atoms with Gasteiger partial charge in [0, 0.05) is 16.1 Å². The number of H-pyrrole nitrogens is 1. The van der Waals surface area contributed by atoms with Gasteiger partial charge in [0.25, 0.3) is 0 Å². The molecule has 96 valence electrons. The number of rotatable bonds is 1. The fraction of sp³-hybridized carbons (Fsp3) is 0. The molecule has 0 atom stereocenters. The minimum atomic E-state index is -0.323. The molecule has 0 saturated carbocycles. The first kappa shape index (κ1) is 13.1. The molecule has 0 fully saturated rings. The maximum absolute atomic E-state index is 13.5. The molecule has 0 aliphatic heterocycles. The Morgan fingerprint density at radius 3 is 2.63 bits per heavy atom. The Morgan fingerprint density at radius 2 is 1.89 bits per heavy atom. The zero-order valence-electron chi connectivity index (χ0n) is 9.35. The topological polar surface area (TPSA) is 28.7 Å². The SMILES string of the molecule is Fc1cc2[nH]c(-c3ccc(Br)c(Cl)c3)nc2cc1Br. The third-order valence-corrected chi connectivity index (χ3v) is 4.56. The summed E-state index contributed by atoms with van der Waals surface area (Å²) in [4.78, 5) is 7.51. The van der Waals surface area contributed by atoms with E-state index in [4.69, 9.17) is 11.6 Å². The summed E-state index contributed by atoms with van der Waals surface area (Å²) in [6, 6.07) is 8.59. The Bertz CT molecular complexity index is 747. The molecule has 19 heavy (non-hydrogen) atoms. The van der Waals surface area contributed by atoms with Gasteiger partial charge in [0.2, 0.25) is 0 Å². The van der Waals surface area contributed by atoms with Crippen molar-refractivity contribution in [2.75, 3.05) is 0 Å². The lowest BCUT2D eigenvalue weighted by Gasteiger charge is -1.99. The number of hydrogen-bond acceptors (Lipinski definition) is 1. The van der Waals surface area contributed by atoms with Gasteiger partial charge in [-0.05, 0) is 50.1 Å². The molecule has 2 aromatic carbocycles. The average molecular weight is 404 g/mol. The van der Waals surface area contributed by atoms with Crippen LogP contribution in [-0.4, -0.2) is 9.97 Å². The summed E-state index contributed by atoms with van der Waals surface area (Å²) in [7, 11) is 0. The maximum atomic E-state index is 13.5. The molecule has 0 aliphatic rings. The highest BCUT2D eigenvalue weighted by Gasteiger charge is 2.09. The molecular formula is C13H6Br2ClFN2. The Labute approximate surface area is 130 Å². The number of nitrogens with zero attached hydrogens (tertiary/aromatic N) is 1. The van der Waals surface area contributed by atoms with E-state index in [1.165, 1.54) is 6.07 Å². The van der Waals surface area contributed by atoms with Crippen LogP contribution >= 0.6 is 43.5 Å². The van der Waals surface area contributed by atoms with Crippen LogP contribution in [0.2, 0.25) is 5.02 Å². The van der Waals surface area contributed by atoms with Crippen LogP contribution in [0.25, 0.3) is 22.4 Å². The summed E-state index contributed by atoms with van der Waals surface area (Å²) in [5, 5.41) is 0.602. The Hall–Kier alpha value is -0.910. The number of aromatic amines is 1. The van der Waals surface area contributed by atoms with E-state index in [0.717, 1.165) is 10.0 Å². The van der Waals surface area contributed by atoms with E-state index >= 15 is 0 Å². The summed E-state index contributed by atoms with van der Waals surface area (Å²) in [6.45, 7) is 0. The summed E-state index contributed by atoms with van der Waals surface area (Å²) >= 11 is 12.5. The van der Waals surface area contributed by atoms with Crippen molar-refractivity contribution in [1.82, 2.24) is 9.97 Å². The van der Waals surface area contributed by atoms with Crippen molar-refractivity contribution < 1.29 is 4.39 Å². The van der Waals surface area contributed by atoms with Crippen LogP contribution in [-0.2, 0) is 0 Å². The van der Waals surface area contributed by atoms with E-state index < -0.39 is 0 Å². The second-order valence-corrected chi connectivity index (χ2v) is 6.11. The van der Waals surface area contributed by atoms with Crippen LogP contribution in [0.15, 0.2) is 39.3 Å². The lowest BCUT2D eigenvalue weighted by Crippen LogP contribution is -1.80. The molecule has 3 aromatic rings. The van der Waals surface area contributed by atoms with Crippen LogP contribution in [0.4, 0.5) is 4.39 Å². The third-order valence-electron chi connectivity index (χ3n) is 2.72. The first-order valence-electron chi connectivity index (χ1n) is 5.35. The Kier molecular flexibility index (Phi) is 3.37. The molecule has 0 amide bonds. The summed E-state index contributed by atoms with van der Waals surface area (Å²) in [5.41, 5.74) is 2.19. The number of benzene rings is 2. The molecule has 1 N–H and O–H groups in total. The maximum Gasteiger partial charge on any atom is 0.139 e. The van der Waals surface area contributed by atoms with Gasteiger partial charge in [0.05, 0.1) is 20.5 Å². The van der Waals surface area contributed by atoms with Crippen molar-refractivity contribution in [2.24, 2.45) is 0 Å². The highest BCUT2D eigenvalue weighted by molar-refractivity contribution is 9.10. The van der Waals surface area contributed by atoms with E-state index in [1.807, 2.05) is 12.1 Å². The van der Waals surface area contributed by atoms with E-state index in [0.29, 0.717) is 26.4 Å². The van der Waals surface area contributed by atoms with Crippen molar-refractivity contribution in [1.29, 1.82) is 0 Å². The molecule has 0 bridgehead atoms. The summed E-state index contributed by atoms with van der Waals surface area (Å²) < 4.78 is 14.7. The normalized spacial score (nSPS) is 11.2. The van der Waals surface area contributed by atoms with Gasteiger partial charge in [0.1, 0.15) is 11.6 Å². The summed E-state index contributed by atoms with van der Waals surface area (Å²) in [5.74, 6) is 0.332. The monoisotopic (exact) mass is 402 g/mol. The number of imidazole rings is 1. The number of halogens is 4. The highest BCUT2D eigenvalue weighted by Crippen LogP contribution is 2.29. The van der Waals surface area contributed by atoms with Gasteiger partial charge in [-0.25, -0.2) is 9.37 Å². The number of hydrogen-bond donors (Lipinski definition) is 1. The first-order chi connectivity index (χ1) is 9.04. The van der Waals surface area contributed by atoms with Crippen LogP contribution in [0.3, 0.4) is 0 Å². The van der Waals surface area contributed by atoms with Crippen molar-refractivity contribution in [3.05, 3.63) is 50.1 Å². The van der Waals surface area contributed by atoms with Crippen molar-refractivity contribution in [3.63, 3.8) is 0 Å². The van der Waals surface area contributed by atoms with Crippen molar-refractivity contribution in [2.45, 2.75) is 0 Å². The minimum absolute atomic E-state index is 0.323. The Morgan fingerprint density at radius 1 is 1.11 bits per heavy atom. The van der Waals surface area contributed by atoms with Crippen molar-refractivity contribution >= 4 is 54.5 Å².